The van der Waals surface area contributed by atoms with E-state index >= 15 is 0 Å². The fourth-order valence-electron chi connectivity index (χ4n) is 1.87. The molecule has 5 nitrogen and oxygen atoms in total. The maximum Gasteiger partial charge on any atom is 0.272 e. The van der Waals surface area contributed by atoms with E-state index in [-0.39, 0.29) is 5.91 Å². The van der Waals surface area contributed by atoms with Gasteiger partial charge in [0.05, 0.1) is 11.8 Å². The highest BCUT2D eigenvalue weighted by Gasteiger charge is 2.19. The third kappa shape index (κ3) is 3.85. The van der Waals surface area contributed by atoms with Gasteiger partial charge in [-0.05, 0) is 29.8 Å². The third-order valence-electron chi connectivity index (χ3n) is 3.07. The predicted molar refractivity (Wildman–Crippen MR) is 87.5 cm³/mol. The van der Waals surface area contributed by atoms with Crippen LogP contribution in [0.5, 0.6) is 5.75 Å². The van der Waals surface area contributed by atoms with Crippen molar-refractivity contribution in [3.63, 3.8) is 0 Å². The number of aromatic nitrogens is 1. The number of nitrogens with one attached hydrogen (secondary N) is 1. The summed E-state index contributed by atoms with van der Waals surface area (Å²) in [5, 5.41) is 3.96. The van der Waals surface area contributed by atoms with E-state index in [1.165, 1.54) is 6.20 Å². The lowest BCUT2D eigenvalue weighted by molar-refractivity contribution is 0.0955. The molecule has 0 aliphatic carbocycles. The van der Waals surface area contributed by atoms with Crippen LogP contribution in [0.2, 0.25) is 0 Å². The van der Waals surface area contributed by atoms with Crippen LogP contribution in [-0.2, 0) is 0 Å². The molecule has 0 unspecified atom stereocenters. The number of hydrazone groups is 1. The van der Waals surface area contributed by atoms with Crippen LogP contribution >= 0.6 is 11.8 Å². The summed E-state index contributed by atoms with van der Waals surface area (Å²) in [5.74, 6) is 2.62. The summed E-state index contributed by atoms with van der Waals surface area (Å²) in [7, 11) is 0. The van der Waals surface area contributed by atoms with Crippen molar-refractivity contribution in [2.75, 3.05) is 11.5 Å². The van der Waals surface area contributed by atoms with Crippen molar-refractivity contribution in [3.05, 3.63) is 59.9 Å². The molecule has 112 valence electrons. The van der Waals surface area contributed by atoms with Crippen LogP contribution in [0, 0.1) is 0 Å². The van der Waals surface area contributed by atoms with Crippen LogP contribution in [0.15, 0.2) is 53.9 Å². The summed E-state index contributed by atoms with van der Waals surface area (Å²) in [6.45, 7) is 0. The van der Waals surface area contributed by atoms with Crippen molar-refractivity contribution >= 4 is 23.9 Å². The van der Waals surface area contributed by atoms with Crippen molar-refractivity contribution in [2.45, 2.75) is 6.10 Å². The molecule has 1 aliphatic rings. The summed E-state index contributed by atoms with van der Waals surface area (Å²) in [6, 6.07) is 11.0. The molecule has 0 saturated carbocycles. The highest BCUT2D eigenvalue weighted by molar-refractivity contribution is 8.00. The molecular weight excluding hydrogens is 298 g/mol. The maximum atomic E-state index is 11.8. The Morgan fingerprint density at radius 1 is 1.36 bits per heavy atom. The number of pyridine rings is 1. The molecule has 0 bridgehead atoms. The topological polar surface area (TPSA) is 63.6 Å². The van der Waals surface area contributed by atoms with Gasteiger partial charge in [-0.25, -0.2) is 5.43 Å². The zero-order valence-electron chi connectivity index (χ0n) is 11.8. The fraction of sp³-hybridized carbons (Fsp3) is 0.188. The quantitative estimate of drug-likeness (QED) is 0.680. The largest absolute Gasteiger partial charge is 0.489 e. The van der Waals surface area contributed by atoms with Crippen LogP contribution in [0.4, 0.5) is 0 Å². The molecule has 1 N–H and O–H groups in total. The van der Waals surface area contributed by atoms with Crippen LogP contribution in [0.3, 0.4) is 0 Å². The van der Waals surface area contributed by atoms with Gasteiger partial charge in [-0.3, -0.25) is 9.78 Å². The van der Waals surface area contributed by atoms with Gasteiger partial charge in [0, 0.05) is 23.9 Å². The molecule has 1 saturated heterocycles. The summed E-state index contributed by atoms with van der Waals surface area (Å²) < 4.78 is 5.81. The van der Waals surface area contributed by atoms with Gasteiger partial charge in [-0.2, -0.15) is 16.9 Å². The van der Waals surface area contributed by atoms with Gasteiger partial charge in [0.2, 0.25) is 0 Å². The molecule has 1 amide bonds. The molecule has 1 aromatic carbocycles. The standard InChI is InChI=1S/C16H15N3O2S/c20-16(13-4-2-6-17-9-13)19-18-8-12-3-1-5-14(7-12)21-15-10-22-11-15/h1-9,15H,10-11H2,(H,19,20)/b18-8+. The fourth-order valence-corrected chi connectivity index (χ4v) is 2.43. The number of nitrogens with zero attached hydrogens (tertiary/aromatic N) is 2. The Bertz CT molecular complexity index is 672. The summed E-state index contributed by atoms with van der Waals surface area (Å²) >= 11 is 1.88. The molecular formula is C16H15N3O2S. The molecule has 6 heteroatoms. The van der Waals surface area contributed by atoms with Gasteiger partial charge in [-0.15, -0.1) is 0 Å². The van der Waals surface area contributed by atoms with Gasteiger partial charge in [0.1, 0.15) is 11.9 Å². The van der Waals surface area contributed by atoms with Crippen LogP contribution < -0.4 is 10.2 Å². The highest BCUT2D eigenvalue weighted by Crippen LogP contribution is 2.24. The van der Waals surface area contributed by atoms with E-state index in [1.807, 2.05) is 36.0 Å². The van der Waals surface area contributed by atoms with Gasteiger partial charge in [0.15, 0.2) is 0 Å². The molecule has 22 heavy (non-hydrogen) atoms. The van der Waals surface area contributed by atoms with E-state index in [0.717, 1.165) is 22.8 Å². The van der Waals surface area contributed by atoms with Crippen molar-refractivity contribution in [3.8, 4) is 5.75 Å². The number of thioether (sulfide) groups is 1. The lowest BCUT2D eigenvalue weighted by Gasteiger charge is -2.25. The molecule has 2 aromatic rings. The van der Waals surface area contributed by atoms with E-state index < -0.39 is 0 Å². The highest BCUT2D eigenvalue weighted by atomic mass is 32.2. The number of rotatable bonds is 5. The molecule has 1 aromatic heterocycles. The van der Waals surface area contributed by atoms with Gasteiger partial charge < -0.3 is 4.74 Å². The van der Waals surface area contributed by atoms with E-state index in [4.69, 9.17) is 4.74 Å². The normalized spacial score (nSPS) is 14.5. The van der Waals surface area contributed by atoms with E-state index in [1.54, 1.807) is 24.5 Å². The second-order valence-corrected chi connectivity index (χ2v) is 5.87. The van der Waals surface area contributed by atoms with Crippen molar-refractivity contribution in [1.29, 1.82) is 0 Å². The number of benzene rings is 1. The molecule has 1 fully saturated rings. The number of carbonyl (C=O) groups excluding carboxylic acids is 1. The minimum absolute atomic E-state index is 0.289. The minimum atomic E-state index is -0.289. The summed E-state index contributed by atoms with van der Waals surface area (Å²) in [4.78, 5) is 15.7. The summed E-state index contributed by atoms with van der Waals surface area (Å²) in [5.41, 5.74) is 3.82. The Kier molecular flexibility index (Phi) is 4.70. The number of carbonyl (C=O) groups is 1. The van der Waals surface area contributed by atoms with Crippen LogP contribution in [0.1, 0.15) is 15.9 Å². The Morgan fingerprint density at radius 3 is 3.00 bits per heavy atom. The van der Waals surface area contributed by atoms with Gasteiger partial charge in [-0.1, -0.05) is 12.1 Å². The van der Waals surface area contributed by atoms with Crippen LogP contribution in [-0.4, -0.2) is 34.7 Å². The second-order valence-electron chi connectivity index (χ2n) is 4.79. The average molecular weight is 313 g/mol. The van der Waals surface area contributed by atoms with Crippen molar-refractivity contribution in [2.24, 2.45) is 5.10 Å². The lowest BCUT2D eigenvalue weighted by atomic mass is 10.2. The van der Waals surface area contributed by atoms with E-state index in [0.29, 0.717) is 11.7 Å². The number of hydrogen-bond donors (Lipinski definition) is 1. The van der Waals surface area contributed by atoms with E-state index in [9.17, 15) is 4.79 Å². The molecule has 2 heterocycles. The molecule has 1 aliphatic heterocycles. The van der Waals surface area contributed by atoms with Crippen molar-refractivity contribution < 1.29 is 9.53 Å². The molecule has 0 radical (unpaired) electrons. The first-order valence-corrected chi connectivity index (χ1v) is 8.04. The first kappa shape index (κ1) is 14.6. The Labute approximate surface area is 132 Å². The molecule has 0 atom stereocenters. The zero-order valence-corrected chi connectivity index (χ0v) is 12.6. The zero-order chi connectivity index (χ0) is 15.2. The Morgan fingerprint density at radius 2 is 2.27 bits per heavy atom. The van der Waals surface area contributed by atoms with E-state index in [2.05, 4.69) is 15.5 Å². The second kappa shape index (κ2) is 7.09. The average Bonchev–Trinajstić information content (AvgIpc) is 2.52. The van der Waals surface area contributed by atoms with Gasteiger partial charge >= 0.3 is 0 Å². The smallest absolute Gasteiger partial charge is 0.272 e. The number of hydrogen-bond acceptors (Lipinski definition) is 5. The number of ether oxygens (including phenoxy) is 1. The SMILES string of the molecule is O=C(N/N=C/c1cccc(OC2CSC2)c1)c1cccnc1. The first-order chi connectivity index (χ1) is 10.8. The van der Waals surface area contributed by atoms with Crippen molar-refractivity contribution in [1.82, 2.24) is 10.4 Å². The predicted octanol–water partition coefficient (Wildman–Crippen LogP) is 2.34. The third-order valence-corrected chi connectivity index (χ3v) is 4.29. The Balaban J connectivity index is 1.58. The maximum absolute atomic E-state index is 11.8. The summed E-state index contributed by atoms with van der Waals surface area (Å²) in [6.07, 6.45) is 5.01. The first-order valence-electron chi connectivity index (χ1n) is 6.89. The number of amides is 1. The minimum Gasteiger partial charge on any atom is -0.489 e. The monoisotopic (exact) mass is 313 g/mol. The molecule has 0 spiro atoms. The lowest BCUT2D eigenvalue weighted by Crippen LogP contribution is -2.31. The Hall–Kier alpha value is -2.34. The molecule has 3 rings (SSSR count). The van der Waals surface area contributed by atoms with Gasteiger partial charge in [0.25, 0.3) is 5.91 Å². The van der Waals surface area contributed by atoms with Crippen LogP contribution in [0.25, 0.3) is 0 Å².